The van der Waals surface area contributed by atoms with E-state index >= 15 is 0 Å². The Hall–Kier alpha value is -2.76. The van der Waals surface area contributed by atoms with Gasteiger partial charge in [0, 0.05) is 5.56 Å². The number of aliphatic carboxylic acids is 2. The minimum atomic E-state index is -2.25. The standard InChI is InChI=1S/C16H12F2O4/c1-16(14(19)20,15(21)22)10-4-7-12(13(18)8-10)9-2-5-11(17)6-3-9/h2-8H,1H3,(H,19,20)(H,21,22). The Morgan fingerprint density at radius 3 is 1.95 bits per heavy atom. The fraction of sp³-hybridized carbons (Fsp3) is 0.125. The fourth-order valence-electron chi connectivity index (χ4n) is 2.03. The van der Waals surface area contributed by atoms with Crippen LogP contribution in [0.3, 0.4) is 0 Å². The Morgan fingerprint density at radius 1 is 0.955 bits per heavy atom. The fourth-order valence-corrected chi connectivity index (χ4v) is 2.03. The summed E-state index contributed by atoms with van der Waals surface area (Å²) in [4.78, 5) is 22.4. The Labute approximate surface area is 124 Å². The molecule has 2 N–H and O–H groups in total. The molecule has 6 heteroatoms. The van der Waals surface area contributed by atoms with E-state index in [0.29, 0.717) is 5.56 Å². The lowest BCUT2D eigenvalue weighted by Crippen LogP contribution is -2.40. The van der Waals surface area contributed by atoms with E-state index in [1.54, 1.807) is 0 Å². The summed E-state index contributed by atoms with van der Waals surface area (Å²) in [6.45, 7) is 0.990. The van der Waals surface area contributed by atoms with Gasteiger partial charge in [0.1, 0.15) is 11.6 Å². The van der Waals surface area contributed by atoms with Gasteiger partial charge in [0.25, 0.3) is 0 Å². The molecule has 0 saturated heterocycles. The third kappa shape index (κ3) is 2.55. The van der Waals surface area contributed by atoms with Gasteiger partial charge >= 0.3 is 11.9 Å². The molecule has 2 aromatic rings. The highest BCUT2D eigenvalue weighted by molar-refractivity contribution is 6.04. The van der Waals surface area contributed by atoms with Gasteiger partial charge in [0.2, 0.25) is 0 Å². The van der Waals surface area contributed by atoms with Crippen molar-refractivity contribution in [3.05, 3.63) is 59.7 Å². The van der Waals surface area contributed by atoms with Crippen molar-refractivity contribution in [2.45, 2.75) is 12.3 Å². The number of hydrogen-bond donors (Lipinski definition) is 2. The van der Waals surface area contributed by atoms with E-state index in [2.05, 4.69) is 0 Å². The minimum absolute atomic E-state index is 0.127. The SMILES string of the molecule is CC(C(=O)O)(C(=O)O)c1ccc(-c2ccc(F)cc2)c(F)c1. The molecule has 0 unspecified atom stereocenters. The largest absolute Gasteiger partial charge is 0.480 e. The summed E-state index contributed by atoms with van der Waals surface area (Å²) in [5, 5.41) is 18.2. The molecule has 0 aliphatic carbocycles. The van der Waals surface area contributed by atoms with Crippen molar-refractivity contribution in [2.24, 2.45) is 0 Å². The zero-order valence-electron chi connectivity index (χ0n) is 11.5. The highest BCUT2D eigenvalue weighted by Gasteiger charge is 2.43. The van der Waals surface area contributed by atoms with Crippen LogP contribution in [0.15, 0.2) is 42.5 Å². The first-order chi connectivity index (χ1) is 10.3. The summed E-state index contributed by atoms with van der Waals surface area (Å²) in [5.41, 5.74) is -1.90. The number of hydrogen-bond acceptors (Lipinski definition) is 2. The second kappa shape index (κ2) is 5.55. The van der Waals surface area contributed by atoms with Gasteiger partial charge in [-0.25, -0.2) is 8.78 Å². The Morgan fingerprint density at radius 2 is 1.50 bits per heavy atom. The van der Waals surface area contributed by atoms with E-state index in [9.17, 15) is 18.4 Å². The average Bonchev–Trinajstić information content (AvgIpc) is 2.47. The van der Waals surface area contributed by atoms with Gasteiger partial charge in [0.15, 0.2) is 5.41 Å². The van der Waals surface area contributed by atoms with Crippen LogP contribution in [0.5, 0.6) is 0 Å². The molecular weight excluding hydrogens is 294 g/mol. The van der Waals surface area contributed by atoms with Crippen LogP contribution in [-0.2, 0) is 15.0 Å². The monoisotopic (exact) mass is 306 g/mol. The van der Waals surface area contributed by atoms with Crippen molar-refractivity contribution in [1.29, 1.82) is 0 Å². The molecule has 0 bridgehead atoms. The van der Waals surface area contributed by atoms with Gasteiger partial charge < -0.3 is 10.2 Å². The van der Waals surface area contributed by atoms with E-state index in [1.807, 2.05) is 0 Å². The van der Waals surface area contributed by atoms with Crippen molar-refractivity contribution in [1.82, 2.24) is 0 Å². The summed E-state index contributed by atoms with van der Waals surface area (Å²) in [6, 6.07) is 8.48. The number of carbonyl (C=O) groups is 2. The molecule has 0 heterocycles. The summed E-state index contributed by atoms with van der Waals surface area (Å²) in [7, 11) is 0. The van der Waals surface area contributed by atoms with E-state index in [4.69, 9.17) is 10.2 Å². The number of halogens is 2. The summed E-state index contributed by atoms with van der Waals surface area (Å²) in [5.74, 6) is -4.43. The molecule has 22 heavy (non-hydrogen) atoms. The molecule has 0 radical (unpaired) electrons. The molecular formula is C16H12F2O4. The zero-order chi connectivity index (χ0) is 16.5. The Balaban J connectivity index is 2.52. The lowest BCUT2D eigenvalue weighted by molar-refractivity contribution is -0.156. The van der Waals surface area contributed by atoms with Crippen LogP contribution in [0.2, 0.25) is 0 Å². The Bertz CT molecular complexity index is 724. The average molecular weight is 306 g/mol. The molecule has 0 saturated carbocycles. The van der Waals surface area contributed by atoms with Crippen LogP contribution in [-0.4, -0.2) is 22.2 Å². The number of benzene rings is 2. The molecule has 4 nitrogen and oxygen atoms in total. The number of carboxylic acid groups (broad SMARTS) is 2. The van der Waals surface area contributed by atoms with Gasteiger partial charge in [-0.05, 0) is 36.2 Å². The molecule has 2 rings (SSSR count). The van der Waals surface area contributed by atoms with Crippen LogP contribution in [0.4, 0.5) is 8.78 Å². The molecule has 0 amide bonds. The molecule has 0 fully saturated rings. The van der Waals surface area contributed by atoms with Gasteiger partial charge in [-0.1, -0.05) is 24.3 Å². The molecule has 114 valence electrons. The van der Waals surface area contributed by atoms with Crippen molar-refractivity contribution in [3.63, 3.8) is 0 Å². The minimum Gasteiger partial charge on any atom is -0.480 e. The normalized spacial score (nSPS) is 11.2. The molecule has 0 aromatic heterocycles. The molecule has 2 aromatic carbocycles. The molecule has 0 spiro atoms. The molecule has 0 aliphatic rings. The van der Waals surface area contributed by atoms with E-state index in [0.717, 1.165) is 13.0 Å². The first-order valence-electron chi connectivity index (χ1n) is 6.29. The van der Waals surface area contributed by atoms with Crippen LogP contribution >= 0.6 is 0 Å². The van der Waals surface area contributed by atoms with Crippen molar-refractivity contribution in [2.75, 3.05) is 0 Å². The quantitative estimate of drug-likeness (QED) is 0.851. The number of carboxylic acids is 2. The second-order valence-electron chi connectivity index (χ2n) is 4.94. The highest BCUT2D eigenvalue weighted by atomic mass is 19.1. The smallest absolute Gasteiger partial charge is 0.325 e. The van der Waals surface area contributed by atoms with Crippen molar-refractivity contribution < 1.29 is 28.6 Å². The Kier molecular flexibility index (Phi) is 3.95. The maximum atomic E-state index is 14.2. The first kappa shape index (κ1) is 15.6. The van der Waals surface area contributed by atoms with Gasteiger partial charge in [0.05, 0.1) is 0 Å². The molecule has 0 aliphatic heterocycles. The second-order valence-corrected chi connectivity index (χ2v) is 4.94. The van der Waals surface area contributed by atoms with Crippen molar-refractivity contribution in [3.8, 4) is 11.1 Å². The lowest BCUT2D eigenvalue weighted by atomic mass is 9.82. The number of rotatable bonds is 4. The maximum absolute atomic E-state index is 14.2. The van der Waals surface area contributed by atoms with Gasteiger partial charge in [-0.15, -0.1) is 0 Å². The van der Waals surface area contributed by atoms with Crippen LogP contribution < -0.4 is 0 Å². The summed E-state index contributed by atoms with van der Waals surface area (Å²) >= 11 is 0. The van der Waals surface area contributed by atoms with E-state index < -0.39 is 29.0 Å². The summed E-state index contributed by atoms with van der Waals surface area (Å²) in [6.07, 6.45) is 0. The van der Waals surface area contributed by atoms with Crippen LogP contribution in [0.25, 0.3) is 11.1 Å². The van der Waals surface area contributed by atoms with E-state index in [1.165, 1.54) is 36.4 Å². The predicted molar refractivity (Wildman–Crippen MR) is 74.4 cm³/mol. The highest BCUT2D eigenvalue weighted by Crippen LogP contribution is 2.30. The third-order valence-electron chi connectivity index (χ3n) is 3.56. The lowest BCUT2D eigenvalue weighted by Gasteiger charge is -2.20. The third-order valence-corrected chi connectivity index (χ3v) is 3.56. The van der Waals surface area contributed by atoms with Gasteiger partial charge in [-0.3, -0.25) is 9.59 Å². The maximum Gasteiger partial charge on any atom is 0.325 e. The first-order valence-corrected chi connectivity index (χ1v) is 6.29. The zero-order valence-corrected chi connectivity index (χ0v) is 11.5. The summed E-state index contributed by atoms with van der Waals surface area (Å²) < 4.78 is 27.1. The van der Waals surface area contributed by atoms with Crippen LogP contribution in [0.1, 0.15) is 12.5 Å². The van der Waals surface area contributed by atoms with Gasteiger partial charge in [-0.2, -0.15) is 0 Å². The molecule has 0 atom stereocenters. The van der Waals surface area contributed by atoms with Crippen LogP contribution in [0, 0.1) is 11.6 Å². The van der Waals surface area contributed by atoms with E-state index in [-0.39, 0.29) is 11.1 Å². The topological polar surface area (TPSA) is 74.6 Å². The predicted octanol–water partition coefficient (Wildman–Crippen LogP) is 3.06. The van der Waals surface area contributed by atoms with Crippen molar-refractivity contribution >= 4 is 11.9 Å².